The Morgan fingerprint density at radius 3 is 3.08 bits per heavy atom. The monoisotopic (exact) mass is 181 g/mol. The van der Waals surface area contributed by atoms with Gasteiger partial charge in [-0.25, -0.2) is 4.98 Å². The number of fused-ring (bicyclic) bond motifs is 1. The Morgan fingerprint density at radius 1 is 1.50 bits per heavy atom. The Labute approximate surface area is 73.0 Å². The van der Waals surface area contributed by atoms with Gasteiger partial charge in [0.2, 0.25) is 6.29 Å². The number of benzene rings is 1. The lowest BCUT2D eigenvalue weighted by Gasteiger charge is -1.85. The SMILES string of the molecule is O=Cc1nc2ccc(Cl)cc2o1. The summed E-state index contributed by atoms with van der Waals surface area (Å²) in [6, 6.07) is 5.02. The molecule has 0 atom stereocenters. The number of aldehydes is 1. The number of carbonyl (C=O) groups is 1. The highest BCUT2D eigenvalue weighted by Gasteiger charge is 2.03. The minimum atomic E-state index is 0.0762. The molecule has 2 rings (SSSR count). The minimum Gasteiger partial charge on any atom is -0.434 e. The fourth-order valence-electron chi connectivity index (χ4n) is 0.967. The highest BCUT2D eigenvalue weighted by atomic mass is 35.5. The first-order valence-corrected chi connectivity index (χ1v) is 3.68. The van der Waals surface area contributed by atoms with E-state index in [4.69, 9.17) is 16.0 Å². The van der Waals surface area contributed by atoms with Crippen LogP contribution in [0, 0.1) is 0 Å². The maximum absolute atomic E-state index is 10.3. The summed E-state index contributed by atoms with van der Waals surface area (Å²) >= 11 is 5.70. The molecule has 2 aromatic rings. The summed E-state index contributed by atoms with van der Waals surface area (Å²) in [5.74, 6) is 0.0762. The third-order valence-electron chi connectivity index (χ3n) is 1.47. The fourth-order valence-corrected chi connectivity index (χ4v) is 1.13. The van der Waals surface area contributed by atoms with Crippen molar-refractivity contribution in [1.82, 2.24) is 4.98 Å². The van der Waals surface area contributed by atoms with Crippen LogP contribution in [0.3, 0.4) is 0 Å². The zero-order valence-corrected chi connectivity index (χ0v) is 6.71. The quantitative estimate of drug-likeness (QED) is 0.634. The molecule has 1 heterocycles. The van der Waals surface area contributed by atoms with Crippen molar-refractivity contribution in [1.29, 1.82) is 0 Å². The third kappa shape index (κ3) is 1.08. The number of hydrogen-bond donors (Lipinski definition) is 0. The Balaban J connectivity index is 2.75. The van der Waals surface area contributed by atoms with E-state index in [0.29, 0.717) is 22.4 Å². The number of carbonyl (C=O) groups excluding carboxylic acids is 1. The zero-order chi connectivity index (χ0) is 8.55. The van der Waals surface area contributed by atoms with Crippen molar-refractivity contribution in [3.8, 4) is 0 Å². The zero-order valence-electron chi connectivity index (χ0n) is 5.95. The molecule has 1 aromatic heterocycles. The number of nitrogens with zero attached hydrogens (tertiary/aromatic N) is 1. The molecule has 12 heavy (non-hydrogen) atoms. The lowest BCUT2D eigenvalue weighted by atomic mass is 10.3. The maximum Gasteiger partial charge on any atom is 0.260 e. The van der Waals surface area contributed by atoms with Crippen LogP contribution >= 0.6 is 11.6 Å². The molecule has 0 amide bonds. The van der Waals surface area contributed by atoms with E-state index in [-0.39, 0.29) is 5.89 Å². The molecule has 0 aliphatic rings. The number of rotatable bonds is 1. The number of aromatic nitrogens is 1. The first-order chi connectivity index (χ1) is 5.79. The van der Waals surface area contributed by atoms with Gasteiger partial charge in [-0.05, 0) is 12.1 Å². The van der Waals surface area contributed by atoms with Gasteiger partial charge >= 0.3 is 0 Å². The molecule has 0 N–H and O–H groups in total. The van der Waals surface area contributed by atoms with Crippen molar-refractivity contribution in [2.45, 2.75) is 0 Å². The molecule has 0 aliphatic heterocycles. The van der Waals surface area contributed by atoms with Crippen LogP contribution in [0.5, 0.6) is 0 Å². The van der Waals surface area contributed by atoms with E-state index in [9.17, 15) is 4.79 Å². The summed E-state index contributed by atoms with van der Waals surface area (Å²) in [5, 5.41) is 0.566. The topological polar surface area (TPSA) is 43.1 Å². The van der Waals surface area contributed by atoms with Gasteiger partial charge in [0.1, 0.15) is 5.52 Å². The average molecular weight is 182 g/mol. The molecular weight excluding hydrogens is 178 g/mol. The van der Waals surface area contributed by atoms with Gasteiger partial charge in [0.05, 0.1) is 0 Å². The van der Waals surface area contributed by atoms with Gasteiger partial charge in [0.25, 0.3) is 5.89 Å². The molecule has 0 bridgehead atoms. The molecule has 0 radical (unpaired) electrons. The van der Waals surface area contributed by atoms with E-state index in [0.717, 1.165) is 0 Å². The summed E-state index contributed by atoms with van der Waals surface area (Å²) in [6.45, 7) is 0. The minimum absolute atomic E-state index is 0.0762. The summed E-state index contributed by atoms with van der Waals surface area (Å²) < 4.78 is 5.03. The molecule has 3 nitrogen and oxygen atoms in total. The first kappa shape index (κ1) is 7.31. The molecular formula is C8H4ClNO2. The van der Waals surface area contributed by atoms with Crippen LogP contribution in [-0.2, 0) is 0 Å². The van der Waals surface area contributed by atoms with Crippen LogP contribution in [0.1, 0.15) is 10.7 Å². The van der Waals surface area contributed by atoms with Crippen molar-refractivity contribution in [2.24, 2.45) is 0 Å². The second-order valence-electron chi connectivity index (χ2n) is 2.28. The Bertz CT molecular complexity index is 436. The number of halogens is 1. The second kappa shape index (κ2) is 2.60. The third-order valence-corrected chi connectivity index (χ3v) is 1.70. The Kier molecular flexibility index (Phi) is 1.59. The maximum atomic E-state index is 10.3. The second-order valence-corrected chi connectivity index (χ2v) is 2.72. The first-order valence-electron chi connectivity index (χ1n) is 3.31. The highest BCUT2D eigenvalue weighted by Crippen LogP contribution is 2.19. The van der Waals surface area contributed by atoms with Crippen molar-refractivity contribution in [2.75, 3.05) is 0 Å². The normalized spacial score (nSPS) is 10.4. The van der Waals surface area contributed by atoms with Crippen molar-refractivity contribution in [3.05, 3.63) is 29.1 Å². The standard InChI is InChI=1S/C8H4ClNO2/c9-5-1-2-6-7(3-5)12-8(4-11)10-6/h1-4H. The molecule has 60 valence electrons. The average Bonchev–Trinajstić information content (AvgIpc) is 2.46. The number of oxazole rings is 1. The van der Waals surface area contributed by atoms with E-state index >= 15 is 0 Å². The predicted molar refractivity (Wildman–Crippen MR) is 44.4 cm³/mol. The van der Waals surface area contributed by atoms with Gasteiger partial charge in [0.15, 0.2) is 5.58 Å². The van der Waals surface area contributed by atoms with Crippen LogP contribution in [-0.4, -0.2) is 11.3 Å². The molecule has 4 heteroatoms. The lowest BCUT2D eigenvalue weighted by Crippen LogP contribution is -1.74. The van der Waals surface area contributed by atoms with Crippen LogP contribution in [0.15, 0.2) is 22.6 Å². The van der Waals surface area contributed by atoms with Gasteiger partial charge < -0.3 is 4.42 Å². The summed E-state index contributed by atoms with van der Waals surface area (Å²) in [4.78, 5) is 14.2. The van der Waals surface area contributed by atoms with Gasteiger partial charge in [0, 0.05) is 11.1 Å². The highest BCUT2D eigenvalue weighted by molar-refractivity contribution is 6.31. The van der Waals surface area contributed by atoms with E-state index in [1.807, 2.05) is 0 Å². The van der Waals surface area contributed by atoms with Crippen LogP contribution < -0.4 is 0 Å². The fraction of sp³-hybridized carbons (Fsp3) is 0. The summed E-state index contributed by atoms with van der Waals surface area (Å²) in [5.41, 5.74) is 1.17. The van der Waals surface area contributed by atoms with E-state index in [1.165, 1.54) is 0 Å². The van der Waals surface area contributed by atoms with Crippen LogP contribution in [0.4, 0.5) is 0 Å². The predicted octanol–water partition coefficient (Wildman–Crippen LogP) is 2.29. The van der Waals surface area contributed by atoms with Gasteiger partial charge in [-0.2, -0.15) is 0 Å². The van der Waals surface area contributed by atoms with Crippen molar-refractivity contribution in [3.63, 3.8) is 0 Å². The molecule has 1 aromatic carbocycles. The van der Waals surface area contributed by atoms with E-state index in [1.54, 1.807) is 18.2 Å². The van der Waals surface area contributed by atoms with Gasteiger partial charge in [-0.3, -0.25) is 4.79 Å². The van der Waals surface area contributed by atoms with Crippen LogP contribution in [0.25, 0.3) is 11.1 Å². The van der Waals surface area contributed by atoms with Crippen LogP contribution in [0.2, 0.25) is 5.02 Å². The molecule has 0 aliphatic carbocycles. The molecule has 0 unspecified atom stereocenters. The van der Waals surface area contributed by atoms with E-state index < -0.39 is 0 Å². The van der Waals surface area contributed by atoms with E-state index in [2.05, 4.69) is 4.98 Å². The molecule has 0 saturated carbocycles. The van der Waals surface area contributed by atoms with Gasteiger partial charge in [-0.15, -0.1) is 0 Å². The molecule has 0 saturated heterocycles. The molecule has 0 fully saturated rings. The summed E-state index contributed by atoms with van der Waals surface area (Å²) in [6.07, 6.45) is 0.563. The summed E-state index contributed by atoms with van der Waals surface area (Å²) in [7, 11) is 0. The smallest absolute Gasteiger partial charge is 0.260 e. The molecule has 0 spiro atoms. The Morgan fingerprint density at radius 2 is 2.33 bits per heavy atom. The Hall–Kier alpha value is -1.35. The van der Waals surface area contributed by atoms with Crippen molar-refractivity contribution < 1.29 is 9.21 Å². The van der Waals surface area contributed by atoms with Crippen molar-refractivity contribution >= 4 is 29.0 Å². The number of hydrogen-bond acceptors (Lipinski definition) is 3. The van der Waals surface area contributed by atoms with Gasteiger partial charge in [-0.1, -0.05) is 11.6 Å². The largest absolute Gasteiger partial charge is 0.434 e. The lowest BCUT2D eigenvalue weighted by molar-refractivity contribution is 0.109.